The van der Waals surface area contributed by atoms with E-state index in [0.29, 0.717) is 17.9 Å². The molecule has 0 heterocycles. The molecule has 0 aliphatic heterocycles. The van der Waals surface area contributed by atoms with E-state index < -0.39 is 5.97 Å². The summed E-state index contributed by atoms with van der Waals surface area (Å²) in [5, 5.41) is 0. The number of ether oxygens (including phenoxy) is 2. The van der Waals surface area contributed by atoms with Crippen LogP contribution in [0, 0.1) is 5.82 Å². The third-order valence-corrected chi connectivity index (χ3v) is 4.60. The fourth-order valence-corrected chi connectivity index (χ4v) is 2.93. The first-order chi connectivity index (χ1) is 14.2. The highest BCUT2D eigenvalue weighted by molar-refractivity contribution is 5.91. The summed E-state index contributed by atoms with van der Waals surface area (Å²) < 4.78 is 24.2. The SMILES string of the molecule is CCCCCCOc1ccc(OC(=O)c2ccc(-c3ccc(F)cc3)cc2)cc1. The second-order valence-corrected chi connectivity index (χ2v) is 6.85. The van der Waals surface area contributed by atoms with Gasteiger partial charge in [-0.3, -0.25) is 0 Å². The normalized spacial score (nSPS) is 10.6. The molecule has 0 aliphatic rings. The first-order valence-electron chi connectivity index (χ1n) is 9.97. The van der Waals surface area contributed by atoms with E-state index in [4.69, 9.17) is 9.47 Å². The predicted octanol–water partition coefficient (Wildman–Crippen LogP) is 6.67. The van der Waals surface area contributed by atoms with E-state index in [-0.39, 0.29) is 5.82 Å². The lowest BCUT2D eigenvalue weighted by atomic mass is 10.0. The number of hydrogen-bond donors (Lipinski definition) is 0. The van der Waals surface area contributed by atoms with Crippen molar-refractivity contribution in [3.63, 3.8) is 0 Å². The lowest BCUT2D eigenvalue weighted by molar-refractivity contribution is 0.0734. The van der Waals surface area contributed by atoms with Gasteiger partial charge < -0.3 is 9.47 Å². The zero-order valence-electron chi connectivity index (χ0n) is 16.6. The third-order valence-electron chi connectivity index (χ3n) is 4.60. The van der Waals surface area contributed by atoms with Crippen LogP contribution in [0.25, 0.3) is 11.1 Å². The van der Waals surface area contributed by atoms with Crippen molar-refractivity contribution in [2.75, 3.05) is 6.61 Å². The Kier molecular flexibility index (Phi) is 7.40. The lowest BCUT2D eigenvalue weighted by Gasteiger charge is -2.08. The second kappa shape index (κ2) is 10.4. The van der Waals surface area contributed by atoms with Crippen molar-refractivity contribution in [2.24, 2.45) is 0 Å². The number of carbonyl (C=O) groups is 1. The van der Waals surface area contributed by atoms with Crippen LogP contribution in [0.3, 0.4) is 0 Å². The molecule has 3 aromatic rings. The van der Waals surface area contributed by atoms with Crippen LogP contribution in [0.1, 0.15) is 43.0 Å². The standard InChI is InChI=1S/C25H25FO3/c1-2-3-4-5-18-28-23-14-16-24(17-15-23)29-25(27)21-8-6-19(7-9-21)20-10-12-22(26)13-11-20/h6-17H,2-5,18H2,1H3. The zero-order chi connectivity index (χ0) is 20.5. The Hall–Kier alpha value is -3.14. The van der Waals surface area contributed by atoms with Crippen molar-refractivity contribution >= 4 is 5.97 Å². The fraction of sp³-hybridized carbons (Fsp3) is 0.240. The van der Waals surface area contributed by atoms with Crippen molar-refractivity contribution in [3.05, 3.63) is 84.2 Å². The molecule has 150 valence electrons. The Bertz CT molecular complexity index is 900. The Morgan fingerprint density at radius 1 is 0.759 bits per heavy atom. The highest BCUT2D eigenvalue weighted by Crippen LogP contribution is 2.22. The fourth-order valence-electron chi connectivity index (χ4n) is 2.93. The van der Waals surface area contributed by atoms with Crippen LogP contribution in [0.4, 0.5) is 4.39 Å². The molecule has 29 heavy (non-hydrogen) atoms. The number of halogens is 1. The van der Waals surface area contributed by atoms with Crippen molar-refractivity contribution < 1.29 is 18.7 Å². The van der Waals surface area contributed by atoms with Gasteiger partial charge in [0.2, 0.25) is 0 Å². The summed E-state index contributed by atoms with van der Waals surface area (Å²) in [5.41, 5.74) is 2.24. The molecule has 0 unspecified atom stereocenters. The van der Waals surface area contributed by atoms with Gasteiger partial charge in [0.1, 0.15) is 17.3 Å². The summed E-state index contributed by atoms with van der Waals surface area (Å²) >= 11 is 0. The smallest absolute Gasteiger partial charge is 0.343 e. The second-order valence-electron chi connectivity index (χ2n) is 6.85. The summed E-state index contributed by atoms with van der Waals surface area (Å²) in [4.78, 5) is 12.4. The first kappa shape index (κ1) is 20.6. The van der Waals surface area contributed by atoms with E-state index in [2.05, 4.69) is 6.92 Å². The summed E-state index contributed by atoms with van der Waals surface area (Å²) in [7, 11) is 0. The van der Waals surface area contributed by atoms with E-state index in [1.165, 1.54) is 31.4 Å². The van der Waals surface area contributed by atoms with Gasteiger partial charge in [-0.05, 0) is 66.1 Å². The Morgan fingerprint density at radius 2 is 1.34 bits per heavy atom. The summed E-state index contributed by atoms with van der Waals surface area (Å²) in [5.74, 6) is 0.534. The summed E-state index contributed by atoms with van der Waals surface area (Å²) in [6.45, 7) is 2.88. The van der Waals surface area contributed by atoms with Gasteiger partial charge in [0.15, 0.2) is 0 Å². The van der Waals surface area contributed by atoms with E-state index in [1.807, 2.05) is 12.1 Å². The molecule has 3 nitrogen and oxygen atoms in total. The van der Waals surface area contributed by atoms with Gasteiger partial charge in [-0.15, -0.1) is 0 Å². The summed E-state index contributed by atoms with van der Waals surface area (Å²) in [6.07, 6.45) is 4.64. The number of carbonyl (C=O) groups excluding carboxylic acids is 1. The molecule has 3 aromatic carbocycles. The maximum absolute atomic E-state index is 13.0. The van der Waals surface area contributed by atoms with Gasteiger partial charge in [-0.25, -0.2) is 9.18 Å². The number of esters is 1. The molecule has 0 aliphatic carbocycles. The molecule has 0 saturated heterocycles. The molecule has 0 amide bonds. The Balaban J connectivity index is 1.53. The topological polar surface area (TPSA) is 35.5 Å². The van der Waals surface area contributed by atoms with Crippen molar-refractivity contribution in [2.45, 2.75) is 32.6 Å². The largest absolute Gasteiger partial charge is 0.494 e. The third kappa shape index (κ3) is 6.18. The average molecular weight is 392 g/mol. The van der Waals surface area contributed by atoms with Gasteiger partial charge in [-0.1, -0.05) is 50.5 Å². The molecule has 0 spiro atoms. The van der Waals surface area contributed by atoms with Crippen LogP contribution >= 0.6 is 0 Å². The van der Waals surface area contributed by atoms with Crippen LogP contribution in [0.15, 0.2) is 72.8 Å². The van der Waals surface area contributed by atoms with E-state index in [1.54, 1.807) is 48.5 Å². The monoisotopic (exact) mass is 392 g/mol. The number of rotatable bonds is 9. The minimum atomic E-state index is -0.427. The minimum Gasteiger partial charge on any atom is -0.494 e. The Labute approximate surface area is 171 Å². The molecule has 0 N–H and O–H groups in total. The molecule has 0 fully saturated rings. The van der Waals surface area contributed by atoms with Gasteiger partial charge in [0.25, 0.3) is 0 Å². The van der Waals surface area contributed by atoms with Crippen LogP contribution in [-0.4, -0.2) is 12.6 Å². The number of benzene rings is 3. The zero-order valence-corrected chi connectivity index (χ0v) is 16.6. The van der Waals surface area contributed by atoms with Crippen LogP contribution < -0.4 is 9.47 Å². The van der Waals surface area contributed by atoms with Crippen LogP contribution in [0.5, 0.6) is 11.5 Å². The molecule has 0 aromatic heterocycles. The van der Waals surface area contributed by atoms with Crippen molar-refractivity contribution in [3.8, 4) is 22.6 Å². The highest BCUT2D eigenvalue weighted by Gasteiger charge is 2.09. The maximum atomic E-state index is 13.0. The van der Waals surface area contributed by atoms with Crippen LogP contribution in [-0.2, 0) is 0 Å². The van der Waals surface area contributed by atoms with E-state index in [0.717, 1.165) is 23.3 Å². The molecule has 0 atom stereocenters. The Morgan fingerprint density at radius 3 is 1.97 bits per heavy atom. The molecule has 3 rings (SSSR count). The summed E-state index contributed by atoms with van der Waals surface area (Å²) in [6, 6.07) is 20.3. The maximum Gasteiger partial charge on any atom is 0.343 e. The molecule has 0 radical (unpaired) electrons. The van der Waals surface area contributed by atoms with Crippen molar-refractivity contribution in [1.29, 1.82) is 0 Å². The van der Waals surface area contributed by atoms with E-state index in [9.17, 15) is 9.18 Å². The van der Waals surface area contributed by atoms with Gasteiger partial charge >= 0.3 is 5.97 Å². The molecule has 0 bridgehead atoms. The molecular weight excluding hydrogens is 367 g/mol. The predicted molar refractivity (Wildman–Crippen MR) is 113 cm³/mol. The average Bonchev–Trinajstić information content (AvgIpc) is 2.75. The number of unbranched alkanes of at least 4 members (excludes halogenated alkanes) is 3. The van der Waals surface area contributed by atoms with Gasteiger partial charge in [-0.2, -0.15) is 0 Å². The van der Waals surface area contributed by atoms with Gasteiger partial charge in [0.05, 0.1) is 12.2 Å². The first-order valence-corrected chi connectivity index (χ1v) is 9.97. The molecule has 4 heteroatoms. The van der Waals surface area contributed by atoms with Gasteiger partial charge in [0, 0.05) is 0 Å². The number of hydrogen-bond acceptors (Lipinski definition) is 3. The van der Waals surface area contributed by atoms with E-state index >= 15 is 0 Å². The van der Waals surface area contributed by atoms with Crippen molar-refractivity contribution in [1.82, 2.24) is 0 Å². The quantitative estimate of drug-likeness (QED) is 0.232. The lowest BCUT2D eigenvalue weighted by Crippen LogP contribution is -2.08. The highest BCUT2D eigenvalue weighted by atomic mass is 19.1. The van der Waals surface area contributed by atoms with Crippen LogP contribution in [0.2, 0.25) is 0 Å². The molecule has 0 saturated carbocycles. The minimum absolute atomic E-state index is 0.276. The molecular formula is C25H25FO3.